The SMILES string of the molecule is CC1(C)c2[c-]c(ccc2)Oc2[c-]c(ccc2)C(C)(C)N2C=CN3[C]2=[Pt]=[C]2N(C=CN21)C1CCCCC13. The van der Waals surface area contributed by atoms with Crippen molar-refractivity contribution in [2.45, 2.75) is 76.5 Å². The predicted molar refractivity (Wildman–Crippen MR) is 138 cm³/mol. The molecule has 190 valence electrons. The average molecular weight is 660 g/mol. The van der Waals surface area contributed by atoms with Gasteiger partial charge in [0.25, 0.3) is 0 Å². The Labute approximate surface area is 222 Å². The third kappa shape index (κ3) is 3.24. The van der Waals surface area contributed by atoms with Gasteiger partial charge in [0, 0.05) is 0 Å². The molecule has 4 heterocycles. The van der Waals surface area contributed by atoms with Crippen molar-refractivity contribution >= 4 is 8.29 Å². The van der Waals surface area contributed by atoms with Crippen LogP contribution < -0.4 is 4.74 Å². The quantitative estimate of drug-likeness (QED) is 0.357. The van der Waals surface area contributed by atoms with Crippen LogP contribution in [-0.4, -0.2) is 40.0 Å². The first kappa shape index (κ1) is 22.5. The van der Waals surface area contributed by atoms with Crippen molar-refractivity contribution in [2.75, 3.05) is 0 Å². The number of benzene rings is 2. The summed E-state index contributed by atoms with van der Waals surface area (Å²) in [5.74, 6) is 1.47. The maximum absolute atomic E-state index is 6.33. The molecule has 2 aromatic rings. The van der Waals surface area contributed by atoms with E-state index in [1.807, 2.05) is 12.1 Å². The molecular weight excluding hydrogens is 627 g/mol. The monoisotopic (exact) mass is 659 g/mol. The summed E-state index contributed by atoms with van der Waals surface area (Å²) >= 11 is -0.489. The van der Waals surface area contributed by atoms with Crippen molar-refractivity contribution in [1.29, 1.82) is 0 Å². The Morgan fingerprint density at radius 1 is 0.722 bits per heavy atom. The zero-order chi connectivity index (χ0) is 24.7. The Bertz CT molecular complexity index is 1270. The van der Waals surface area contributed by atoms with E-state index in [0.29, 0.717) is 12.1 Å². The molecule has 6 bridgehead atoms. The summed E-state index contributed by atoms with van der Waals surface area (Å²) in [7, 11) is 0. The molecule has 7 rings (SSSR count). The number of fused-ring (bicyclic) bond motifs is 7. The van der Waals surface area contributed by atoms with Gasteiger partial charge in [-0.1, -0.05) is 0 Å². The van der Waals surface area contributed by atoms with Crippen LogP contribution in [0.1, 0.15) is 64.5 Å². The van der Waals surface area contributed by atoms with Gasteiger partial charge in [-0.15, -0.1) is 0 Å². The zero-order valence-corrected chi connectivity index (χ0v) is 23.5. The van der Waals surface area contributed by atoms with Crippen LogP contribution >= 0.6 is 0 Å². The molecule has 0 amide bonds. The second kappa shape index (κ2) is 7.92. The Balaban J connectivity index is 1.49. The molecule has 2 aromatic carbocycles. The first-order valence-corrected chi connectivity index (χ1v) is 15.2. The summed E-state index contributed by atoms with van der Waals surface area (Å²) in [4.78, 5) is 10.3. The van der Waals surface area contributed by atoms with Crippen molar-refractivity contribution in [3.8, 4) is 11.5 Å². The Hall–Kier alpha value is -2.65. The zero-order valence-electron chi connectivity index (χ0n) is 21.3. The van der Waals surface area contributed by atoms with E-state index < -0.39 is 17.6 Å². The molecule has 0 aromatic heterocycles. The standard InChI is InChI=1S/C30H32N4O.Pt/c1-29(2)23-9-7-11-25(19-23)35-26-12-8-10-24(20-26)30(3,4)34-18-16-32(22-34)28-14-6-5-13-27(28)31-15-17-33(29)21-31;/h7-12,15-18,27-28H,5-6,13-14H2,1-4H3;/q-2;. The first-order valence-electron chi connectivity index (χ1n) is 12.9. The summed E-state index contributed by atoms with van der Waals surface area (Å²) < 4.78 is 9.27. The van der Waals surface area contributed by atoms with Crippen LogP contribution in [0.25, 0.3) is 0 Å². The summed E-state index contributed by atoms with van der Waals surface area (Å²) in [6, 6.07) is 20.7. The fourth-order valence-electron chi connectivity index (χ4n) is 6.10. The number of nitrogens with zero attached hydrogens (tertiary/aromatic N) is 4. The average Bonchev–Trinajstić information content (AvgIpc) is 3.47. The Morgan fingerprint density at radius 3 is 1.67 bits per heavy atom. The number of hydrogen-bond acceptors (Lipinski definition) is 5. The normalized spacial score (nSPS) is 27.2. The molecule has 5 aliphatic rings. The summed E-state index contributed by atoms with van der Waals surface area (Å²) in [5.41, 5.74) is 1.73. The number of hydrogen-bond donors (Lipinski definition) is 0. The van der Waals surface area contributed by atoms with Crippen molar-refractivity contribution in [3.05, 3.63) is 84.5 Å². The van der Waals surface area contributed by atoms with Crippen molar-refractivity contribution in [2.24, 2.45) is 0 Å². The van der Waals surface area contributed by atoms with Crippen LogP contribution in [0.5, 0.6) is 11.5 Å². The van der Waals surface area contributed by atoms with Crippen LogP contribution in [0, 0.1) is 12.1 Å². The van der Waals surface area contributed by atoms with Crippen molar-refractivity contribution < 1.29 is 22.4 Å². The minimum absolute atomic E-state index is 0.262. The number of rotatable bonds is 0. The Morgan fingerprint density at radius 2 is 1.19 bits per heavy atom. The molecule has 1 saturated carbocycles. The van der Waals surface area contributed by atoms with Crippen LogP contribution in [0.2, 0.25) is 0 Å². The summed E-state index contributed by atoms with van der Waals surface area (Å²) in [6.07, 6.45) is 14.4. The van der Waals surface area contributed by atoms with Crippen LogP contribution in [0.4, 0.5) is 0 Å². The van der Waals surface area contributed by atoms with Gasteiger partial charge in [0.2, 0.25) is 0 Å². The molecule has 6 heteroatoms. The van der Waals surface area contributed by atoms with Gasteiger partial charge in [0.1, 0.15) is 0 Å². The summed E-state index contributed by atoms with van der Waals surface area (Å²) in [6.45, 7) is 9.25. The van der Waals surface area contributed by atoms with Crippen molar-refractivity contribution in [1.82, 2.24) is 19.6 Å². The molecule has 4 aliphatic heterocycles. The molecule has 2 atom stereocenters. The third-order valence-corrected chi connectivity index (χ3v) is 11.6. The van der Waals surface area contributed by atoms with Crippen LogP contribution in [0.15, 0.2) is 61.2 Å². The molecule has 36 heavy (non-hydrogen) atoms. The van der Waals surface area contributed by atoms with Crippen LogP contribution in [-0.2, 0) is 28.7 Å². The van der Waals surface area contributed by atoms with E-state index in [-0.39, 0.29) is 11.1 Å². The fourth-order valence-corrected chi connectivity index (χ4v) is 10.4. The van der Waals surface area contributed by atoms with Gasteiger partial charge in [0.05, 0.1) is 0 Å². The van der Waals surface area contributed by atoms with Gasteiger partial charge in [-0.25, -0.2) is 0 Å². The van der Waals surface area contributed by atoms with Gasteiger partial charge in [0.15, 0.2) is 0 Å². The Kier molecular flexibility index (Phi) is 4.96. The van der Waals surface area contributed by atoms with E-state index in [4.69, 9.17) is 4.74 Å². The van der Waals surface area contributed by atoms with E-state index in [1.165, 1.54) is 34.0 Å². The van der Waals surface area contributed by atoms with Gasteiger partial charge >= 0.3 is 223 Å². The van der Waals surface area contributed by atoms with E-state index in [1.54, 1.807) is 0 Å². The minimum atomic E-state index is -0.489. The van der Waals surface area contributed by atoms with E-state index in [2.05, 4.69) is 108 Å². The molecule has 5 nitrogen and oxygen atoms in total. The first-order chi connectivity index (χ1) is 17.3. The molecule has 0 N–H and O–H groups in total. The summed E-state index contributed by atoms with van der Waals surface area (Å²) in [5, 5.41) is 0. The van der Waals surface area contributed by atoms with Crippen molar-refractivity contribution in [3.63, 3.8) is 0 Å². The van der Waals surface area contributed by atoms with Crippen LogP contribution in [0.3, 0.4) is 0 Å². The molecule has 0 spiro atoms. The third-order valence-electron chi connectivity index (χ3n) is 8.34. The maximum atomic E-state index is 6.33. The molecule has 0 saturated heterocycles. The topological polar surface area (TPSA) is 22.2 Å². The molecule has 0 radical (unpaired) electrons. The number of ether oxygens (including phenoxy) is 1. The van der Waals surface area contributed by atoms with Gasteiger partial charge < -0.3 is 0 Å². The molecule has 1 fully saturated rings. The van der Waals surface area contributed by atoms with Gasteiger partial charge in [-0.3, -0.25) is 0 Å². The van der Waals surface area contributed by atoms with E-state index in [0.717, 1.165) is 22.6 Å². The molecule has 1 aliphatic carbocycles. The van der Waals surface area contributed by atoms with E-state index in [9.17, 15) is 0 Å². The molecular formula is C30H32N4OPt-2. The van der Waals surface area contributed by atoms with Gasteiger partial charge in [-0.2, -0.15) is 0 Å². The predicted octanol–water partition coefficient (Wildman–Crippen LogP) is 5.32. The van der Waals surface area contributed by atoms with Gasteiger partial charge in [-0.05, 0) is 0 Å². The molecule has 2 unspecified atom stereocenters. The van der Waals surface area contributed by atoms with E-state index >= 15 is 0 Å². The second-order valence-electron chi connectivity index (χ2n) is 11.2. The fraction of sp³-hybridized carbons (Fsp3) is 0.400. The second-order valence-corrected chi connectivity index (χ2v) is 13.8.